The van der Waals surface area contributed by atoms with E-state index in [1.807, 2.05) is 89.2 Å². The molecule has 0 aliphatic carbocycles. The molecular formula is C42H61N5O5. The molecule has 0 radical (unpaired) electrons. The number of likely N-dealkylation sites (N-methyl/N-ethyl adjacent to an activating group) is 1. The summed E-state index contributed by atoms with van der Waals surface area (Å²) in [4.78, 5) is 61.3. The average molecular weight is 716 g/mol. The molecule has 10 heteroatoms. The fourth-order valence-corrected chi connectivity index (χ4v) is 7.51. The Bertz CT molecular complexity index is 1600. The Morgan fingerprint density at radius 1 is 0.885 bits per heavy atom. The van der Waals surface area contributed by atoms with Gasteiger partial charge in [-0.2, -0.15) is 0 Å². The molecule has 2 aliphatic rings. The highest BCUT2D eigenvalue weighted by atomic mass is 16.5. The highest BCUT2D eigenvalue weighted by molar-refractivity contribution is 6.02. The first kappa shape index (κ1) is 40.6. The van der Waals surface area contributed by atoms with Crippen LogP contribution in [0.3, 0.4) is 0 Å². The molecule has 2 aromatic rings. The Hall–Kier alpha value is -4.18. The summed E-state index contributed by atoms with van der Waals surface area (Å²) >= 11 is 0. The second-order valence-corrected chi connectivity index (χ2v) is 16.1. The van der Waals surface area contributed by atoms with Crippen molar-refractivity contribution in [2.24, 2.45) is 11.3 Å². The van der Waals surface area contributed by atoms with Gasteiger partial charge in [-0.05, 0) is 87.6 Å². The minimum absolute atomic E-state index is 0.0233. The number of rotatable bonds is 12. The summed E-state index contributed by atoms with van der Waals surface area (Å²) in [7, 11) is 3.31. The Balaban J connectivity index is 1.51. The lowest BCUT2D eigenvalue weighted by molar-refractivity contribution is -0.142. The lowest BCUT2D eigenvalue weighted by Gasteiger charge is -2.41. The van der Waals surface area contributed by atoms with Crippen molar-refractivity contribution in [1.29, 1.82) is 0 Å². The molecule has 2 heterocycles. The van der Waals surface area contributed by atoms with Crippen molar-refractivity contribution in [3.05, 3.63) is 60.2 Å². The van der Waals surface area contributed by atoms with Crippen LogP contribution in [-0.2, 0) is 19.2 Å². The highest BCUT2D eigenvalue weighted by Crippen LogP contribution is 2.32. The average Bonchev–Trinajstić information content (AvgIpc) is 3.62. The first-order valence-electron chi connectivity index (χ1n) is 18.9. The maximum absolute atomic E-state index is 14.3. The SMILES string of the molecule is COc1ccc(-c2ccccc2)cc1NC(=O)[C@@H]1CCCN1C(=O)/C(C)=C/[C@H](C(C)C)N(C)C(=O)[C@@H](NC(=O)[C@H]1CCCCN1C(C)C)C(C)(C)C. The van der Waals surface area contributed by atoms with E-state index in [1.165, 1.54) is 0 Å². The fraction of sp³-hybridized carbons (Fsp3) is 0.571. The van der Waals surface area contributed by atoms with Gasteiger partial charge in [-0.3, -0.25) is 24.1 Å². The van der Waals surface area contributed by atoms with Gasteiger partial charge in [0.15, 0.2) is 0 Å². The van der Waals surface area contributed by atoms with E-state index in [0.29, 0.717) is 36.4 Å². The van der Waals surface area contributed by atoms with Crippen molar-refractivity contribution in [2.45, 2.75) is 118 Å². The molecule has 4 rings (SSSR count). The summed E-state index contributed by atoms with van der Waals surface area (Å²) in [5.41, 5.74) is 2.41. The number of amides is 4. The van der Waals surface area contributed by atoms with Crippen LogP contribution in [0.5, 0.6) is 5.75 Å². The topological polar surface area (TPSA) is 111 Å². The first-order valence-corrected chi connectivity index (χ1v) is 18.9. The summed E-state index contributed by atoms with van der Waals surface area (Å²) in [6, 6.07) is 13.7. The minimum atomic E-state index is -0.754. The van der Waals surface area contributed by atoms with Gasteiger partial charge < -0.3 is 25.2 Å². The molecule has 0 unspecified atom stereocenters. The van der Waals surface area contributed by atoms with Gasteiger partial charge in [-0.15, -0.1) is 0 Å². The molecule has 2 aliphatic heterocycles. The van der Waals surface area contributed by atoms with Gasteiger partial charge in [0.2, 0.25) is 23.6 Å². The number of methoxy groups -OCH3 is 1. The van der Waals surface area contributed by atoms with Crippen molar-refractivity contribution < 1.29 is 23.9 Å². The molecule has 0 bridgehead atoms. The molecule has 0 spiro atoms. The summed E-state index contributed by atoms with van der Waals surface area (Å²) in [6.45, 7) is 17.2. The van der Waals surface area contributed by atoms with Crippen molar-refractivity contribution >= 4 is 29.3 Å². The van der Waals surface area contributed by atoms with E-state index >= 15 is 0 Å². The normalized spacial score (nSPS) is 19.7. The number of carbonyl (C=O) groups excluding carboxylic acids is 4. The molecule has 10 nitrogen and oxygen atoms in total. The third-order valence-electron chi connectivity index (χ3n) is 10.5. The van der Waals surface area contributed by atoms with Gasteiger partial charge in [-0.1, -0.05) is 83.5 Å². The van der Waals surface area contributed by atoms with Crippen LogP contribution in [0, 0.1) is 11.3 Å². The van der Waals surface area contributed by atoms with Crippen molar-refractivity contribution in [3.63, 3.8) is 0 Å². The number of ether oxygens (including phenoxy) is 1. The summed E-state index contributed by atoms with van der Waals surface area (Å²) in [5, 5.41) is 6.18. The first-order chi connectivity index (χ1) is 24.5. The van der Waals surface area contributed by atoms with Crippen molar-refractivity contribution in [3.8, 4) is 16.9 Å². The van der Waals surface area contributed by atoms with Crippen LogP contribution in [0.25, 0.3) is 11.1 Å². The molecule has 2 fully saturated rings. The molecule has 0 saturated carbocycles. The molecule has 2 aromatic carbocycles. The lowest BCUT2D eigenvalue weighted by atomic mass is 9.84. The summed E-state index contributed by atoms with van der Waals surface area (Å²) in [6.07, 6.45) is 5.90. The standard InChI is InChI=1S/C42H61N5O5/c1-27(2)35(45(9)41(51)37(42(6,7)8)44-39(49)33-19-14-15-23-46(33)28(3)4)25-29(5)40(50)47-24-16-20-34(47)38(48)43-32-26-31(21-22-36(32)52-10)30-17-12-11-13-18-30/h11-13,17-18,21-22,25-28,33-35,37H,14-16,19-20,23-24H2,1-10H3,(H,43,48)(H,44,49)/b29-25+/t33-,34+,35-,37-/m1/s1. The number of nitrogens with zero attached hydrogens (tertiary/aromatic N) is 3. The molecule has 284 valence electrons. The van der Waals surface area contributed by atoms with Crippen LogP contribution in [0.1, 0.15) is 87.5 Å². The van der Waals surface area contributed by atoms with E-state index in [4.69, 9.17) is 4.74 Å². The zero-order valence-corrected chi connectivity index (χ0v) is 33.0. The minimum Gasteiger partial charge on any atom is -0.495 e. The van der Waals surface area contributed by atoms with Gasteiger partial charge in [0, 0.05) is 25.2 Å². The van der Waals surface area contributed by atoms with Gasteiger partial charge in [0.25, 0.3) is 0 Å². The van der Waals surface area contributed by atoms with E-state index < -0.39 is 23.5 Å². The molecule has 2 N–H and O–H groups in total. The zero-order chi connectivity index (χ0) is 38.3. The predicted octanol–water partition coefficient (Wildman–Crippen LogP) is 6.51. The Kier molecular flexibility index (Phi) is 13.7. The summed E-state index contributed by atoms with van der Waals surface area (Å²) < 4.78 is 5.56. The van der Waals surface area contributed by atoms with Crippen LogP contribution in [-0.4, -0.2) is 95.8 Å². The summed E-state index contributed by atoms with van der Waals surface area (Å²) in [5.74, 6) is -0.305. The van der Waals surface area contributed by atoms with Crippen LogP contribution in [0.4, 0.5) is 5.69 Å². The molecular weight excluding hydrogens is 654 g/mol. The number of carbonyl (C=O) groups is 4. The van der Waals surface area contributed by atoms with Crippen LogP contribution in [0.2, 0.25) is 0 Å². The van der Waals surface area contributed by atoms with E-state index in [9.17, 15) is 19.2 Å². The monoisotopic (exact) mass is 715 g/mol. The number of hydrogen-bond donors (Lipinski definition) is 2. The molecule has 4 amide bonds. The van der Waals surface area contributed by atoms with E-state index in [1.54, 1.807) is 30.9 Å². The van der Waals surface area contributed by atoms with Crippen LogP contribution >= 0.6 is 0 Å². The van der Waals surface area contributed by atoms with Gasteiger partial charge in [-0.25, -0.2) is 0 Å². The molecule has 52 heavy (non-hydrogen) atoms. The Morgan fingerprint density at radius 3 is 2.17 bits per heavy atom. The van der Waals surface area contributed by atoms with E-state index in [-0.39, 0.29) is 41.6 Å². The van der Waals surface area contributed by atoms with Gasteiger partial charge in [0.1, 0.15) is 17.8 Å². The number of anilines is 1. The second kappa shape index (κ2) is 17.6. The van der Waals surface area contributed by atoms with Gasteiger partial charge >= 0.3 is 0 Å². The highest BCUT2D eigenvalue weighted by Gasteiger charge is 2.40. The largest absolute Gasteiger partial charge is 0.495 e. The fourth-order valence-electron chi connectivity index (χ4n) is 7.51. The zero-order valence-electron chi connectivity index (χ0n) is 33.0. The van der Waals surface area contributed by atoms with Crippen molar-refractivity contribution in [2.75, 3.05) is 32.6 Å². The number of benzene rings is 2. The van der Waals surface area contributed by atoms with Crippen molar-refractivity contribution in [1.82, 2.24) is 20.0 Å². The second-order valence-electron chi connectivity index (χ2n) is 16.1. The maximum Gasteiger partial charge on any atom is 0.249 e. The van der Waals surface area contributed by atoms with E-state index in [2.05, 4.69) is 29.4 Å². The van der Waals surface area contributed by atoms with E-state index in [0.717, 1.165) is 36.9 Å². The maximum atomic E-state index is 14.3. The number of likely N-dealkylation sites (tertiary alicyclic amines) is 2. The Labute approximate surface area is 311 Å². The number of hydrogen-bond acceptors (Lipinski definition) is 6. The number of nitrogens with one attached hydrogen (secondary N) is 2. The van der Waals surface area contributed by atoms with Crippen LogP contribution < -0.4 is 15.4 Å². The predicted molar refractivity (Wildman–Crippen MR) is 208 cm³/mol. The smallest absolute Gasteiger partial charge is 0.249 e. The molecule has 0 aromatic heterocycles. The third kappa shape index (κ3) is 9.62. The number of piperidine rings is 1. The molecule has 4 atom stereocenters. The molecule has 2 saturated heterocycles. The lowest BCUT2D eigenvalue weighted by Crippen LogP contribution is -2.60. The third-order valence-corrected chi connectivity index (χ3v) is 10.5. The van der Waals surface area contributed by atoms with Gasteiger partial charge in [0.05, 0.1) is 24.9 Å². The van der Waals surface area contributed by atoms with Crippen LogP contribution in [0.15, 0.2) is 60.2 Å². The Morgan fingerprint density at radius 2 is 1.56 bits per heavy atom. The quantitative estimate of drug-likeness (QED) is 0.243.